The quantitative estimate of drug-likeness (QED) is 0.843. The van der Waals surface area contributed by atoms with Gasteiger partial charge in [-0.1, -0.05) is 6.92 Å². The predicted molar refractivity (Wildman–Crippen MR) is 77.0 cm³/mol. The molecule has 1 heterocycles. The Bertz CT molecular complexity index is 301. The molecule has 2 nitrogen and oxygen atoms in total. The molecule has 19 heavy (non-hydrogen) atoms. The molecule has 0 amide bonds. The van der Waals surface area contributed by atoms with Crippen LogP contribution in [0, 0.1) is 23.7 Å². The number of rotatable bonds is 3. The first-order valence-corrected chi connectivity index (χ1v) is 8.69. The smallest absolute Gasteiger partial charge is 0.0587 e. The van der Waals surface area contributed by atoms with Crippen molar-refractivity contribution in [2.24, 2.45) is 23.7 Å². The highest BCUT2D eigenvalue weighted by molar-refractivity contribution is 5.02. The van der Waals surface area contributed by atoms with Gasteiger partial charge in [-0.3, -0.25) is 0 Å². The Labute approximate surface area is 117 Å². The minimum Gasteiger partial charge on any atom is -0.378 e. The SMILES string of the molecule is CCC1CC(NC2C3CC4CC(C3)CC2C4)CCO1. The second kappa shape index (κ2) is 5.04. The first-order chi connectivity index (χ1) is 9.31. The Morgan fingerprint density at radius 1 is 0.947 bits per heavy atom. The maximum atomic E-state index is 5.82. The van der Waals surface area contributed by atoms with E-state index in [4.69, 9.17) is 4.74 Å². The molecule has 1 saturated heterocycles. The van der Waals surface area contributed by atoms with Crippen LogP contribution in [0.1, 0.15) is 58.3 Å². The maximum absolute atomic E-state index is 5.82. The highest BCUT2D eigenvalue weighted by Crippen LogP contribution is 2.53. The van der Waals surface area contributed by atoms with Crippen LogP contribution in [0.4, 0.5) is 0 Å². The van der Waals surface area contributed by atoms with Crippen molar-refractivity contribution >= 4 is 0 Å². The molecule has 1 N–H and O–H groups in total. The summed E-state index contributed by atoms with van der Waals surface area (Å²) in [4.78, 5) is 0. The first kappa shape index (κ1) is 12.6. The Kier molecular flexibility index (Phi) is 3.35. The topological polar surface area (TPSA) is 21.3 Å². The molecule has 2 heteroatoms. The molecule has 4 aliphatic carbocycles. The minimum atomic E-state index is 0.517. The Morgan fingerprint density at radius 2 is 1.63 bits per heavy atom. The van der Waals surface area contributed by atoms with Crippen LogP contribution in [0.2, 0.25) is 0 Å². The number of hydrogen-bond donors (Lipinski definition) is 1. The molecule has 0 spiro atoms. The second-order valence-electron chi connectivity index (χ2n) is 7.75. The van der Waals surface area contributed by atoms with Gasteiger partial charge in [-0.2, -0.15) is 0 Å². The lowest BCUT2D eigenvalue weighted by Gasteiger charge is -2.55. The fourth-order valence-corrected chi connectivity index (χ4v) is 5.79. The third-order valence-corrected chi connectivity index (χ3v) is 6.48. The summed E-state index contributed by atoms with van der Waals surface area (Å²) in [5.41, 5.74) is 0. The molecule has 0 aromatic carbocycles. The van der Waals surface area contributed by atoms with Gasteiger partial charge in [0.15, 0.2) is 0 Å². The van der Waals surface area contributed by atoms with E-state index in [0.717, 1.165) is 42.4 Å². The summed E-state index contributed by atoms with van der Waals surface area (Å²) in [6, 6.07) is 1.59. The molecular weight excluding hydrogens is 234 g/mol. The highest BCUT2D eigenvalue weighted by atomic mass is 16.5. The average molecular weight is 263 g/mol. The fraction of sp³-hybridized carbons (Fsp3) is 1.00. The summed E-state index contributed by atoms with van der Waals surface area (Å²) in [6.45, 7) is 3.24. The molecule has 5 rings (SSSR count). The fourth-order valence-electron chi connectivity index (χ4n) is 5.79. The van der Waals surface area contributed by atoms with E-state index in [-0.39, 0.29) is 0 Å². The van der Waals surface area contributed by atoms with Crippen LogP contribution < -0.4 is 5.32 Å². The standard InChI is InChI=1S/C17H29NO/c1-2-16-10-15(3-4-19-16)18-17-13-6-11-5-12(8-13)9-14(17)7-11/h11-18H,2-10H2,1H3. The largest absolute Gasteiger partial charge is 0.378 e. The normalized spacial score (nSPS) is 52.6. The van der Waals surface area contributed by atoms with Crippen LogP contribution >= 0.6 is 0 Å². The van der Waals surface area contributed by atoms with E-state index in [0.29, 0.717) is 6.10 Å². The van der Waals surface area contributed by atoms with Crippen LogP contribution in [-0.2, 0) is 4.74 Å². The third-order valence-electron chi connectivity index (χ3n) is 6.48. The van der Waals surface area contributed by atoms with Gasteiger partial charge in [0.1, 0.15) is 0 Å². The lowest BCUT2D eigenvalue weighted by Crippen LogP contribution is -2.57. The predicted octanol–water partition coefficient (Wildman–Crippen LogP) is 3.36. The molecule has 1 aliphatic heterocycles. The average Bonchev–Trinajstić information content (AvgIpc) is 2.42. The molecule has 0 aromatic heterocycles. The lowest BCUT2D eigenvalue weighted by atomic mass is 9.54. The van der Waals surface area contributed by atoms with E-state index in [2.05, 4.69) is 12.2 Å². The molecule has 108 valence electrons. The van der Waals surface area contributed by atoms with Gasteiger partial charge in [-0.25, -0.2) is 0 Å². The number of nitrogens with one attached hydrogen (secondary N) is 1. The van der Waals surface area contributed by atoms with Crippen molar-refractivity contribution < 1.29 is 4.74 Å². The Balaban J connectivity index is 1.40. The molecule has 5 aliphatic rings. The molecular formula is C17H29NO. The van der Waals surface area contributed by atoms with Crippen LogP contribution in [0.3, 0.4) is 0 Å². The van der Waals surface area contributed by atoms with Gasteiger partial charge in [0.2, 0.25) is 0 Å². The van der Waals surface area contributed by atoms with Gasteiger partial charge in [-0.15, -0.1) is 0 Å². The molecule has 5 fully saturated rings. The van der Waals surface area contributed by atoms with Gasteiger partial charge >= 0.3 is 0 Å². The minimum absolute atomic E-state index is 0.517. The van der Waals surface area contributed by atoms with Crippen molar-refractivity contribution in [1.82, 2.24) is 5.32 Å². The van der Waals surface area contributed by atoms with Crippen molar-refractivity contribution in [2.45, 2.75) is 76.5 Å². The third kappa shape index (κ3) is 2.35. The summed E-state index contributed by atoms with van der Waals surface area (Å²) < 4.78 is 5.82. The summed E-state index contributed by atoms with van der Waals surface area (Å²) in [7, 11) is 0. The second-order valence-corrected chi connectivity index (χ2v) is 7.75. The molecule has 4 bridgehead atoms. The van der Waals surface area contributed by atoms with Gasteiger partial charge < -0.3 is 10.1 Å². The van der Waals surface area contributed by atoms with E-state index in [9.17, 15) is 0 Å². The molecule has 2 unspecified atom stereocenters. The van der Waals surface area contributed by atoms with Crippen LogP contribution in [0.5, 0.6) is 0 Å². The van der Waals surface area contributed by atoms with Crippen LogP contribution in [0.25, 0.3) is 0 Å². The zero-order valence-electron chi connectivity index (χ0n) is 12.3. The maximum Gasteiger partial charge on any atom is 0.0587 e. The number of ether oxygens (including phenoxy) is 1. The number of hydrogen-bond acceptors (Lipinski definition) is 2. The van der Waals surface area contributed by atoms with Gasteiger partial charge in [0, 0.05) is 18.7 Å². The molecule has 4 saturated carbocycles. The summed E-state index contributed by atoms with van der Waals surface area (Å²) >= 11 is 0. The van der Waals surface area contributed by atoms with E-state index in [1.165, 1.54) is 44.9 Å². The van der Waals surface area contributed by atoms with Crippen molar-refractivity contribution in [1.29, 1.82) is 0 Å². The molecule has 2 atom stereocenters. The van der Waals surface area contributed by atoms with Gasteiger partial charge in [-0.05, 0) is 75.0 Å². The van der Waals surface area contributed by atoms with Crippen molar-refractivity contribution in [3.63, 3.8) is 0 Å². The monoisotopic (exact) mass is 263 g/mol. The summed E-state index contributed by atoms with van der Waals surface area (Å²) in [5, 5.41) is 4.09. The Morgan fingerprint density at radius 3 is 2.26 bits per heavy atom. The molecule has 0 radical (unpaired) electrons. The van der Waals surface area contributed by atoms with E-state index >= 15 is 0 Å². The Hall–Kier alpha value is -0.0800. The van der Waals surface area contributed by atoms with Crippen LogP contribution in [-0.4, -0.2) is 24.8 Å². The van der Waals surface area contributed by atoms with Gasteiger partial charge in [0.25, 0.3) is 0 Å². The summed E-state index contributed by atoms with van der Waals surface area (Å²) in [5.74, 6) is 4.22. The van der Waals surface area contributed by atoms with E-state index < -0.39 is 0 Å². The van der Waals surface area contributed by atoms with E-state index in [1.54, 1.807) is 6.42 Å². The highest BCUT2D eigenvalue weighted by Gasteiger charge is 2.48. The van der Waals surface area contributed by atoms with Crippen LogP contribution in [0.15, 0.2) is 0 Å². The van der Waals surface area contributed by atoms with Crippen molar-refractivity contribution in [2.75, 3.05) is 6.61 Å². The zero-order chi connectivity index (χ0) is 12.8. The van der Waals surface area contributed by atoms with E-state index in [1.807, 2.05) is 0 Å². The first-order valence-electron chi connectivity index (χ1n) is 8.69. The van der Waals surface area contributed by atoms with Crippen molar-refractivity contribution in [3.8, 4) is 0 Å². The molecule has 0 aromatic rings. The lowest BCUT2D eigenvalue weighted by molar-refractivity contribution is -0.0383. The van der Waals surface area contributed by atoms with Gasteiger partial charge in [0.05, 0.1) is 6.10 Å². The zero-order valence-corrected chi connectivity index (χ0v) is 12.3. The summed E-state index contributed by atoms with van der Waals surface area (Å²) in [6.07, 6.45) is 11.9. The van der Waals surface area contributed by atoms with Crippen molar-refractivity contribution in [3.05, 3.63) is 0 Å².